The van der Waals surface area contributed by atoms with Gasteiger partial charge in [0.1, 0.15) is 11.6 Å². The van der Waals surface area contributed by atoms with Crippen molar-refractivity contribution in [3.63, 3.8) is 0 Å². The van der Waals surface area contributed by atoms with Gasteiger partial charge in [-0.15, -0.1) is 0 Å². The van der Waals surface area contributed by atoms with Crippen molar-refractivity contribution in [1.29, 1.82) is 0 Å². The smallest absolute Gasteiger partial charge is 0.254 e. The van der Waals surface area contributed by atoms with Crippen molar-refractivity contribution in [2.45, 2.75) is 50.7 Å². The molecular weight excluding hydrogens is 346 g/mol. The molecule has 0 N–H and O–H groups in total. The molecule has 2 fully saturated rings. The van der Waals surface area contributed by atoms with Gasteiger partial charge in [-0.3, -0.25) is 4.79 Å². The average Bonchev–Trinajstić information content (AvgIpc) is 2.91. The zero-order chi connectivity index (χ0) is 19.2. The SMILES string of the molecule is CC1(C)C[C@H]2[C@H](CCCN2C(=O)c2cccc(F)c2)N1c1ccc(F)cc1. The number of anilines is 1. The van der Waals surface area contributed by atoms with E-state index >= 15 is 0 Å². The Kier molecular flexibility index (Phi) is 4.41. The number of halogens is 2. The van der Waals surface area contributed by atoms with Crippen LogP contribution in [0.4, 0.5) is 14.5 Å². The highest BCUT2D eigenvalue weighted by molar-refractivity contribution is 5.94. The summed E-state index contributed by atoms with van der Waals surface area (Å²) in [7, 11) is 0. The molecule has 2 atom stereocenters. The van der Waals surface area contributed by atoms with Crippen molar-refractivity contribution in [2.24, 2.45) is 0 Å². The van der Waals surface area contributed by atoms with Crippen LogP contribution in [0.25, 0.3) is 0 Å². The highest BCUT2D eigenvalue weighted by Gasteiger charge is 2.50. The zero-order valence-corrected chi connectivity index (χ0v) is 15.7. The molecule has 1 amide bonds. The number of fused-ring (bicyclic) bond motifs is 1. The summed E-state index contributed by atoms with van der Waals surface area (Å²) in [5.74, 6) is -0.756. The summed E-state index contributed by atoms with van der Waals surface area (Å²) in [5, 5.41) is 0. The lowest BCUT2D eigenvalue weighted by Crippen LogP contribution is -2.52. The van der Waals surface area contributed by atoms with Gasteiger partial charge in [0.2, 0.25) is 0 Å². The summed E-state index contributed by atoms with van der Waals surface area (Å²) in [6, 6.07) is 12.7. The minimum atomic E-state index is -0.394. The summed E-state index contributed by atoms with van der Waals surface area (Å²) < 4.78 is 27.0. The van der Waals surface area contributed by atoms with Crippen molar-refractivity contribution in [2.75, 3.05) is 11.4 Å². The molecule has 0 aromatic heterocycles. The van der Waals surface area contributed by atoms with Crippen LogP contribution in [0.2, 0.25) is 0 Å². The Morgan fingerprint density at radius 3 is 2.48 bits per heavy atom. The Hall–Kier alpha value is -2.43. The van der Waals surface area contributed by atoms with Crippen LogP contribution >= 0.6 is 0 Å². The first-order valence-electron chi connectivity index (χ1n) is 9.48. The highest BCUT2D eigenvalue weighted by atomic mass is 19.1. The predicted molar refractivity (Wildman–Crippen MR) is 102 cm³/mol. The van der Waals surface area contributed by atoms with Gasteiger partial charge in [0.05, 0.1) is 12.1 Å². The quantitative estimate of drug-likeness (QED) is 0.770. The van der Waals surface area contributed by atoms with Crippen molar-refractivity contribution < 1.29 is 13.6 Å². The number of benzene rings is 2. The topological polar surface area (TPSA) is 23.6 Å². The van der Waals surface area contributed by atoms with E-state index in [0.29, 0.717) is 12.1 Å². The van der Waals surface area contributed by atoms with E-state index < -0.39 is 5.82 Å². The zero-order valence-electron chi connectivity index (χ0n) is 15.7. The van der Waals surface area contributed by atoms with Crippen LogP contribution in [0.15, 0.2) is 48.5 Å². The number of carbonyl (C=O) groups excluding carboxylic acids is 1. The molecule has 0 aliphatic carbocycles. The molecule has 2 heterocycles. The number of nitrogens with zero attached hydrogens (tertiary/aromatic N) is 2. The Morgan fingerprint density at radius 1 is 1.04 bits per heavy atom. The van der Waals surface area contributed by atoms with Gasteiger partial charge in [0, 0.05) is 23.3 Å². The van der Waals surface area contributed by atoms with Gasteiger partial charge in [-0.2, -0.15) is 0 Å². The first-order chi connectivity index (χ1) is 12.9. The minimum Gasteiger partial charge on any atom is -0.361 e. The monoisotopic (exact) mass is 370 g/mol. The molecule has 0 spiro atoms. The van der Waals surface area contributed by atoms with Crippen LogP contribution in [0.5, 0.6) is 0 Å². The summed E-state index contributed by atoms with van der Waals surface area (Å²) in [5.41, 5.74) is 1.22. The maximum absolute atomic E-state index is 13.6. The lowest BCUT2D eigenvalue weighted by molar-refractivity contribution is 0.0605. The fourth-order valence-corrected chi connectivity index (χ4v) is 4.83. The molecule has 0 bridgehead atoms. The number of carbonyl (C=O) groups is 1. The van der Waals surface area contributed by atoms with Gasteiger partial charge < -0.3 is 9.80 Å². The normalized spacial score (nSPS) is 24.0. The maximum Gasteiger partial charge on any atom is 0.254 e. The number of hydrogen-bond donors (Lipinski definition) is 0. The van der Waals surface area contributed by atoms with E-state index in [2.05, 4.69) is 18.7 Å². The molecular formula is C22H24F2N2O. The molecule has 0 radical (unpaired) electrons. The first kappa shape index (κ1) is 18.0. The van der Waals surface area contributed by atoms with Crippen LogP contribution in [0.3, 0.4) is 0 Å². The van der Waals surface area contributed by atoms with Crippen LogP contribution < -0.4 is 4.90 Å². The minimum absolute atomic E-state index is 0.0644. The van der Waals surface area contributed by atoms with Crippen molar-refractivity contribution in [3.05, 3.63) is 65.7 Å². The Labute approximate surface area is 158 Å². The molecule has 0 saturated carbocycles. The average molecular weight is 370 g/mol. The number of amides is 1. The summed E-state index contributed by atoms with van der Waals surface area (Å²) >= 11 is 0. The molecule has 4 rings (SSSR count). The van der Waals surface area contributed by atoms with Gasteiger partial charge in [-0.05, 0) is 75.6 Å². The molecule has 2 aromatic rings. The largest absolute Gasteiger partial charge is 0.361 e. The number of likely N-dealkylation sites (tertiary alicyclic amines) is 1. The second-order valence-corrected chi connectivity index (χ2v) is 8.15. The molecule has 2 saturated heterocycles. The standard InChI is InChI=1S/C22H24F2N2O/c1-22(2)14-20-19(26(22)18-10-8-16(23)9-11-18)7-4-12-25(20)21(27)15-5-3-6-17(24)13-15/h3,5-6,8-11,13,19-20H,4,7,12,14H2,1-2H3/t19-,20-/m0/s1. The lowest BCUT2D eigenvalue weighted by Gasteiger charge is -2.42. The van der Waals surface area contributed by atoms with Crippen LogP contribution in [0, 0.1) is 11.6 Å². The van der Waals surface area contributed by atoms with E-state index in [-0.39, 0.29) is 29.3 Å². The summed E-state index contributed by atoms with van der Waals surface area (Å²) in [6.45, 7) is 5.02. The molecule has 2 aromatic carbocycles. The second-order valence-electron chi connectivity index (χ2n) is 8.15. The Bertz CT molecular complexity index is 850. The number of piperidine rings is 1. The Morgan fingerprint density at radius 2 is 1.78 bits per heavy atom. The predicted octanol–water partition coefficient (Wildman–Crippen LogP) is 4.63. The van der Waals surface area contributed by atoms with Crippen molar-refractivity contribution in [1.82, 2.24) is 4.90 Å². The fourth-order valence-electron chi connectivity index (χ4n) is 4.83. The molecule has 3 nitrogen and oxygen atoms in total. The summed E-state index contributed by atoms with van der Waals surface area (Å²) in [4.78, 5) is 17.3. The third-order valence-electron chi connectivity index (χ3n) is 5.87. The Balaban J connectivity index is 1.66. The molecule has 5 heteroatoms. The van der Waals surface area contributed by atoms with Gasteiger partial charge in [0.15, 0.2) is 0 Å². The maximum atomic E-state index is 13.6. The first-order valence-corrected chi connectivity index (χ1v) is 9.48. The number of rotatable bonds is 2. The van der Waals surface area contributed by atoms with Crippen LogP contribution in [-0.4, -0.2) is 35.0 Å². The third-order valence-corrected chi connectivity index (χ3v) is 5.87. The molecule has 2 aliphatic rings. The van der Waals surface area contributed by atoms with Crippen LogP contribution in [-0.2, 0) is 0 Å². The fraction of sp³-hybridized carbons (Fsp3) is 0.409. The van der Waals surface area contributed by atoms with E-state index in [1.807, 2.05) is 17.0 Å². The van der Waals surface area contributed by atoms with E-state index in [0.717, 1.165) is 24.9 Å². The number of hydrogen-bond acceptors (Lipinski definition) is 2. The van der Waals surface area contributed by atoms with Gasteiger partial charge in [-0.1, -0.05) is 6.07 Å². The third kappa shape index (κ3) is 3.20. The highest BCUT2D eigenvalue weighted by Crippen LogP contribution is 2.44. The molecule has 142 valence electrons. The second kappa shape index (κ2) is 6.63. The van der Waals surface area contributed by atoms with Crippen molar-refractivity contribution >= 4 is 11.6 Å². The molecule has 2 aliphatic heterocycles. The molecule has 0 unspecified atom stereocenters. The van der Waals surface area contributed by atoms with E-state index in [1.165, 1.54) is 24.3 Å². The van der Waals surface area contributed by atoms with E-state index in [4.69, 9.17) is 0 Å². The lowest BCUT2D eigenvalue weighted by atomic mass is 9.93. The van der Waals surface area contributed by atoms with Crippen LogP contribution in [0.1, 0.15) is 43.5 Å². The molecule has 27 heavy (non-hydrogen) atoms. The summed E-state index contributed by atoms with van der Waals surface area (Å²) in [6.07, 6.45) is 2.71. The van der Waals surface area contributed by atoms with E-state index in [9.17, 15) is 13.6 Å². The van der Waals surface area contributed by atoms with Gasteiger partial charge in [0.25, 0.3) is 5.91 Å². The van der Waals surface area contributed by atoms with Crippen molar-refractivity contribution in [3.8, 4) is 0 Å². The van der Waals surface area contributed by atoms with E-state index in [1.54, 1.807) is 12.1 Å². The van der Waals surface area contributed by atoms with Gasteiger partial charge >= 0.3 is 0 Å². The van der Waals surface area contributed by atoms with Gasteiger partial charge in [-0.25, -0.2) is 8.78 Å².